The van der Waals surface area contributed by atoms with Crippen LogP contribution in [0.3, 0.4) is 0 Å². The van der Waals surface area contributed by atoms with E-state index in [1.54, 1.807) is 19.3 Å². The van der Waals surface area contributed by atoms with Crippen LogP contribution in [0.15, 0.2) is 53.7 Å². The second-order valence-corrected chi connectivity index (χ2v) is 5.36. The van der Waals surface area contributed by atoms with Crippen molar-refractivity contribution in [3.05, 3.63) is 65.7 Å². The predicted octanol–water partition coefficient (Wildman–Crippen LogP) is 2.44. The summed E-state index contributed by atoms with van der Waals surface area (Å²) in [5.41, 5.74) is 1.73. The molecule has 1 aromatic carbocycles. The number of aliphatic imine (C=N–C) groups is 1. The molecule has 2 atom stereocenters. The molecule has 1 fully saturated rings. The van der Waals surface area contributed by atoms with Gasteiger partial charge in [-0.2, -0.15) is 0 Å². The number of guanidine groups is 1. The molecule has 2 unspecified atom stereocenters. The Balaban J connectivity index is 1.54. The van der Waals surface area contributed by atoms with E-state index in [0.717, 1.165) is 23.6 Å². The fraction of sp³-hybridized carbons (Fsp3) is 0.294. The predicted molar refractivity (Wildman–Crippen MR) is 85.1 cm³/mol. The van der Waals surface area contributed by atoms with Crippen LogP contribution in [0.5, 0.6) is 0 Å². The van der Waals surface area contributed by atoms with Crippen LogP contribution >= 0.6 is 0 Å². The standard InChI is InChI=1S/C17H19FN4/c1-19-17(21-11-12-6-4-5-9-20-12)22-16-10-14(16)13-7-2-3-8-15(13)18/h2-9,14,16H,10-11H2,1H3,(H2,19,21,22). The summed E-state index contributed by atoms with van der Waals surface area (Å²) in [5.74, 6) is 0.803. The first-order valence-electron chi connectivity index (χ1n) is 7.39. The minimum Gasteiger partial charge on any atom is -0.353 e. The van der Waals surface area contributed by atoms with Crippen LogP contribution in [-0.2, 0) is 6.54 Å². The summed E-state index contributed by atoms with van der Waals surface area (Å²) >= 11 is 0. The van der Waals surface area contributed by atoms with Gasteiger partial charge in [0, 0.05) is 25.2 Å². The summed E-state index contributed by atoms with van der Waals surface area (Å²) in [5, 5.41) is 6.56. The first kappa shape index (κ1) is 14.5. The monoisotopic (exact) mass is 298 g/mol. The second-order valence-electron chi connectivity index (χ2n) is 5.36. The summed E-state index contributed by atoms with van der Waals surface area (Å²) in [6, 6.07) is 13.0. The minimum atomic E-state index is -0.131. The molecule has 0 radical (unpaired) electrons. The highest BCUT2D eigenvalue weighted by molar-refractivity contribution is 5.80. The lowest BCUT2D eigenvalue weighted by atomic mass is 10.1. The summed E-state index contributed by atoms with van der Waals surface area (Å²) in [6.07, 6.45) is 2.69. The van der Waals surface area contributed by atoms with Crippen LogP contribution in [0.4, 0.5) is 4.39 Å². The van der Waals surface area contributed by atoms with E-state index in [-0.39, 0.29) is 17.8 Å². The van der Waals surface area contributed by atoms with Gasteiger partial charge in [0.25, 0.3) is 0 Å². The summed E-state index contributed by atoms with van der Waals surface area (Å²) in [7, 11) is 1.73. The lowest BCUT2D eigenvalue weighted by Crippen LogP contribution is -2.38. The summed E-state index contributed by atoms with van der Waals surface area (Å²) in [6.45, 7) is 0.609. The Morgan fingerprint density at radius 1 is 1.27 bits per heavy atom. The molecule has 0 amide bonds. The van der Waals surface area contributed by atoms with Crippen LogP contribution in [0.2, 0.25) is 0 Å². The Labute approximate surface area is 129 Å². The van der Waals surface area contributed by atoms with Gasteiger partial charge in [0.1, 0.15) is 5.82 Å². The quantitative estimate of drug-likeness (QED) is 0.673. The number of halogens is 1. The molecule has 0 spiro atoms. The van der Waals surface area contributed by atoms with Crippen LogP contribution in [0, 0.1) is 5.82 Å². The molecule has 2 N–H and O–H groups in total. The van der Waals surface area contributed by atoms with Crippen molar-refractivity contribution in [3.63, 3.8) is 0 Å². The fourth-order valence-electron chi connectivity index (χ4n) is 2.52. The third-order valence-electron chi connectivity index (χ3n) is 3.80. The number of hydrogen-bond acceptors (Lipinski definition) is 2. The van der Waals surface area contributed by atoms with Crippen molar-refractivity contribution in [1.29, 1.82) is 0 Å². The minimum absolute atomic E-state index is 0.131. The lowest BCUT2D eigenvalue weighted by molar-refractivity contribution is 0.607. The third-order valence-corrected chi connectivity index (χ3v) is 3.80. The van der Waals surface area contributed by atoms with Gasteiger partial charge in [-0.05, 0) is 30.2 Å². The Hall–Kier alpha value is -2.43. The molecule has 0 bridgehead atoms. The molecule has 5 heteroatoms. The number of hydrogen-bond donors (Lipinski definition) is 2. The van der Waals surface area contributed by atoms with E-state index in [9.17, 15) is 4.39 Å². The zero-order valence-electron chi connectivity index (χ0n) is 12.5. The number of pyridine rings is 1. The largest absolute Gasteiger partial charge is 0.353 e. The van der Waals surface area contributed by atoms with E-state index in [0.29, 0.717) is 6.54 Å². The van der Waals surface area contributed by atoms with Gasteiger partial charge in [0.15, 0.2) is 5.96 Å². The Bertz CT molecular complexity index is 657. The number of nitrogens with one attached hydrogen (secondary N) is 2. The highest BCUT2D eigenvalue weighted by atomic mass is 19.1. The van der Waals surface area contributed by atoms with Gasteiger partial charge in [-0.1, -0.05) is 24.3 Å². The molecule has 0 aliphatic heterocycles. The number of nitrogens with zero attached hydrogens (tertiary/aromatic N) is 2. The van der Waals surface area contributed by atoms with Crippen molar-refractivity contribution in [3.8, 4) is 0 Å². The van der Waals surface area contributed by atoms with Gasteiger partial charge < -0.3 is 10.6 Å². The number of rotatable bonds is 4. The molecule has 1 aromatic heterocycles. The highest BCUT2D eigenvalue weighted by Gasteiger charge is 2.40. The molecule has 1 aliphatic carbocycles. The maximum Gasteiger partial charge on any atom is 0.191 e. The van der Waals surface area contributed by atoms with Crippen molar-refractivity contribution in [2.75, 3.05) is 7.05 Å². The van der Waals surface area contributed by atoms with Gasteiger partial charge in [-0.25, -0.2) is 4.39 Å². The normalized spacial score (nSPS) is 20.5. The van der Waals surface area contributed by atoms with Gasteiger partial charge in [-0.15, -0.1) is 0 Å². The second kappa shape index (κ2) is 6.56. The van der Waals surface area contributed by atoms with Gasteiger partial charge in [-0.3, -0.25) is 9.98 Å². The smallest absolute Gasteiger partial charge is 0.191 e. The van der Waals surface area contributed by atoms with Crippen molar-refractivity contribution in [1.82, 2.24) is 15.6 Å². The molecule has 1 saturated carbocycles. The van der Waals surface area contributed by atoms with E-state index in [4.69, 9.17) is 0 Å². The van der Waals surface area contributed by atoms with Gasteiger partial charge >= 0.3 is 0 Å². The van der Waals surface area contributed by atoms with E-state index in [2.05, 4.69) is 20.6 Å². The molecule has 0 saturated heterocycles. The van der Waals surface area contributed by atoms with Crippen molar-refractivity contribution < 1.29 is 4.39 Å². The van der Waals surface area contributed by atoms with Crippen LogP contribution in [-0.4, -0.2) is 24.0 Å². The fourth-order valence-corrected chi connectivity index (χ4v) is 2.52. The van der Waals surface area contributed by atoms with Crippen LogP contribution in [0.1, 0.15) is 23.6 Å². The molecule has 22 heavy (non-hydrogen) atoms. The summed E-state index contributed by atoms with van der Waals surface area (Å²) < 4.78 is 13.8. The van der Waals surface area contributed by atoms with E-state index < -0.39 is 0 Å². The molecule has 1 heterocycles. The zero-order valence-corrected chi connectivity index (χ0v) is 12.5. The average Bonchev–Trinajstić information content (AvgIpc) is 3.32. The highest BCUT2D eigenvalue weighted by Crippen LogP contribution is 2.41. The zero-order chi connectivity index (χ0) is 15.4. The van der Waals surface area contributed by atoms with Crippen molar-refractivity contribution in [2.45, 2.75) is 24.9 Å². The summed E-state index contributed by atoms with van der Waals surface area (Å²) in [4.78, 5) is 8.47. The Morgan fingerprint density at radius 2 is 2.09 bits per heavy atom. The first-order chi connectivity index (χ1) is 10.8. The Kier molecular flexibility index (Phi) is 4.32. The van der Waals surface area contributed by atoms with Crippen LogP contribution in [0.25, 0.3) is 0 Å². The SMILES string of the molecule is CN=C(NCc1ccccn1)NC1CC1c1ccccc1F. The first-order valence-corrected chi connectivity index (χ1v) is 7.39. The average molecular weight is 298 g/mol. The van der Waals surface area contributed by atoms with E-state index in [1.807, 2.05) is 30.3 Å². The Morgan fingerprint density at radius 3 is 2.82 bits per heavy atom. The van der Waals surface area contributed by atoms with E-state index in [1.165, 1.54) is 6.07 Å². The van der Waals surface area contributed by atoms with E-state index >= 15 is 0 Å². The number of aromatic nitrogens is 1. The number of benzene rings is 1. The molecule has 4 nitrogen and oxygen atoms in total. The molecular formula is C17H19FN4. The molecular weight excluding hydrogens is 279 g/mol. The molecule has 3 rings (SSSR count). The molecule has 2 aromatic rings. The van der Waals surface area contributed by atoms with Crippen molar-refractivity contribution in [2.24, 2.45) is 4.99 Å². The van der Waals surface area contributed by atoms with Gasteiger partial charge in [0.05, 0.1) is 12.2 Å². The van der Waals surface area contributed by atoms with Crippen LogP contribution < -0.4 is 10.6 Å². The van der Waals surface area contributed by atoms with Gasteiger partial charge in [0.2, 0.25) is 0 Å². The molecule has 114 valence electrons. The van der Waals surface area contributed by atoms with Crippen molar-refractivity contribution >= 4 is 5.96 Å². The third kappa shape index (κ3) is 3.42. The topological polar surface area (TPSA) is 49.3 Å². The lowest BCUT2D eigenvalue weighted by Gasteiger charge is -2.11. The molecule has 1 aliphatic rings. The maximum absolute atomic E-state index is 13.8. The maximum atomic E-state index is 13.8.